The third-order valence-corrected chi connectivity index (χ3v) is 6.65. The molecule has 0 atom stereocenters. The lowest BCUT2D eigenvalue weighted by atomic mass is 10.0. The van der Waals surface area contributed by atoms with Crippen LogP contribution in [-0.2, 0) is 6.42 Å². The van der Waals surface area contributed by atoms with Gasteiger partial charge in [0.1, 0.15) is 5.82 Å². The molecule has 0 fully saturated rings. The molecule has 0 aliphatic rings. The highest BCUT2D eigenvalue weighted by Crippen LogP contribution is 2.29. The molecule has 2 aromatic carbocycles. The van der Waals surface area contributed by atoms with Crippen molar-refractivity contribution in [2.75, 3.05) is 11.1 Å². The van der Waals surface area contributed by atoms with Gasteiger partial charge in [0, 0.05) is 35.3 Å². The van der Waals surface area contributed by atoms with E-state index in [4.69, 9.17) is 5.73 Å². The van der Waals surface area contributed by atoms with Crippen molar-refractivity contribution in [2.24, 2.45) is 0 Å². The van der Waals surface area contributed by atoms with Gasteiger partial charge in [0.25, 0.3) is 0 Å². The van der Waals surface area contributed by atoms with E-state index in [1.165, 1.54) is 12.1 Å². The van der Waals surface area contributed by atoms with Gasteiger partial charge >= 0.3 is 0 Å². The van der Waals surface area contributed by atoms with Crippen LogP contribution in [0, 0.1) is 12.7 Å². The molecule has 0 unspecified atom stereocenters. The van der Waals surface area contributed by atoms with Gasteiger partial charge < -0.3 is 16.4 Å². The summed E-state index contributed by atoms with van der Waals surface area (Å²) in [7, 11) is 0. The summed E-state index contributed by atoms with van der Waals surface area (Å²) in [5.74, 6) is -0.291. The third kappa shape index (κ3) is 7.25. The van der Waals surface area contributed by atoms with Crippen molar-refractivity contribution in [2.45, 2.75) is 20.3 Å². The molecule has 4 aromatic rings. The van der Waals surface area contributed by atoms with Gasteiger partial charge in [-0.25, -0.2) is 4.39 Å². The van der Waals surface area contributed by atoms with Gasteiger partial charge in [-0.15, -0.1) is 0 Å². The van der Waals surface area contributed by atoms with Crippen LogP contribution in [0.1, 0.15) is 29.3 Å². The molecule has 5 nitrogen and oxygen atoms in total. The molecular formula is C35H34FN5. The Kier molecular flexibility index (Phi) is 9.28. The Morgan fingerprint density at radius 2 is 1.80 bits per heavy atom. The first-order valence-electron chi connectivity index (χ1n) is 13.2. The molecule has 0 saturated carbocycles. The fraction of sp³-hybridized carbons (Fsp3) is 0.0857. The lowest BCUT2D eigenvalue weighted by molar-refractivity contribution is 0.628. The highest BCUT2D eigenvalue weighted by molar-refractivity contribution is 5.76. The molecule has 2 heterocycles. The zero-order valence-corrected chi connectivity index (χ0v) is 23.4. The molecule has 0 spiro atoms. The third-order valence-electron chi connectivity index (χ3n) is 6.65. The van der Waals surface area contributed by atoms with Crippen LogP contribution in [0.15, 0.2) is 129 Å². The summed E-state index contributed by atoms with van der Waals surface area (Å²) < 4.78 is 13.8. The minimum absolute atomic E-state index is 0.291. The Morgan fingerprint density at radius 1 is 1.02 bits per heavy atom. The van der Waals surface area contributed by atoms with Crippen molar-refractivity contribution in [3.63, 3.8) is 0 Å². The van der Waals surface area contributed by atoms with Crippen LogP contribution in [0.3, 0.4) is 0 Å². The van der Waals surface area contributed by atoms with Gasteiger partial charge in [-0.05, 0) is 72.0 Å². The van der Waals surface area contributed by atoms with Gasteiger partial charge in [-0.1, -0.05) is 68.3 Å². The van der Waals surface area contributed by atoms with Crippen LogP contribution in [0.5, 0.6) is 0 Å². The van der Waals surface area contributed by atoms with Gasteiger partial charge in [-0.2, -0.15) is 0 Å². The first-order chi connectivity index (χ1) is 19.8. The molecule has 6 heteroatoms. The second-order valence-corrected chi connectivity index (χ2v) is 9.56. The Labute approximate surface area is 241 Å². The molecule has 0 aliphatic carbocycles. The number of nitrogen functional groups attached to an aromatic ring is 1. The number of hydrogen-bond acceptors (Lipinski definition) is 5. The van der Waals surface area contributed by atoms with Gasteiger partial charge in [0.05, 0.1) is 29.5 Å². The number of benzene rings is 2. The number of anilines is 2. The first-order valence-corrected chi connectivity index (χ1v) is 13.2. The Hall–Kier alpha value is -5.23. The summed E-state index contributed by atoms with van der Waals surface area (Å²) >= 11 is 0. The van der Waals surface area contributed by atoms with Crippen LogP contribution >= 0.6 is 0 Å². The number of nitrogens with one attached hydrogen (secondary N) is 2. The summed E-state index contributed by atoms with van der Waals surface area (Å²) in [6.07, 6.45) is 11.3. The second kappa shape index (κ2) is 13.2. The van der Waals surface area contributed by atoms with Crippen LogP contribution < -0.4 is 16.4 Å². The minimum atomic E-state index is -0.291. The minimum Gasteiger partial charge on any atom is -0.397 e. The summed E-state index contributed by atoms with van der Waals surface area (Å²) in [4.78, 5) is 8.94. The van der Waals surface area contributed by atoms with Gasteiger partial charge in [0.2, 0.25) is 0 Å². The molecule has 4 rings (SSSR count). The van der Waals surface area contributed by atoms with E-state index in [1.807, 2.05) is 68.5 Å². The van der Waals surface area contributed by atoms with E-state index in [9.17, 15) is 4.39 Å². The summed E-state index contributed by atoms with van der Waals surface area (Å²) in [6.45, 7) is 16.3. The number of hydrogen-bond donors (Lipinski definition) is 3. The molecule has 0 amide bonds. The van der Waals surface area contributed by atoms with Crippen LogP contribution in [0.25, 0.3) is 22.4 Å². The van der Waals surface area contributed by atoms with Crippen molar-refractivity contribution in [1.82, 2.24) is 15.3 Å². The summed E-state index contributed by atoms with van der Waals surface area (Å²) in [5.41, 5.74) is 16.1. The van der Waals surface area contributed by atoms with E-state index in [-0.39, 0.29) is 5.82 Å². The number of aromatic nitrogens is 2. The maximum Gasteiger partial charge on any atom is 0.123 e. The van der Waals surface area contributed by atoms with Crippen LogP contribution in [-0.4, -0.2) is 9.97 Å². The average molecular weight is 544 g/mol. The van der Waals surface area contributed by atoms with Crippen molar-refractivity contribution in [3.05, 3.63) is 157 Å². The van der Waals surface area contributed by atoms with E-state index < -0.39 is 0 Å². The predicted octanol–water partition coefficient (Wildman–Crippen LogP) is 8.08. The van der Waals surface area contributed by atoms with E-state index in [0.717, 1.165) is 61.9 Å². The fourth-order valence-electron chi connectivity index (χ4n) is 4.39. The molecule has 206 valence electrons. The number of allylic oxidation sites excluding steroid dienone is 5. The largest absolute Gasteiger partial charge is 0.397 e. The monoisotopic (exact) mass is 543 g/mol. The van der Waals surface area contributed by atoms with Crippen molar-refractivity contribution in [3.8, 4) is 11.1 Å². The lowest BCUT2D eigenvalue weighted by Crippen LogP contribution is -2.10. The Morgan fingerprint density at radius 3 is 2.51 bits per heavy atom. The summed E-state index contributed by atoms with van der Waals surface area (Å²) in [6, 6.07) is 18.3. The number of rotatable bonds is 11. The number of pyridine rings is 2. The fourth-order valence-corrected chi connectivity index (χ4v) is 4.39. The van der Waals surface area contributed by atoms with E-state index in [2.05, 4.69) is 40.3 Å². The van der Waals surface area contributed by atoms with Crippen LogP contribution in [0.2, 0.25) is 0 Å². The summed E-state index contributed by atoms with van der Waals surface area (Å²) in [5, 5.41) is 6.70. The van der Waals surface area contributed by atoms with Crippen molar-refractivity contribution in [1.29, 1.82) is 0 Å². The maximum absolute atomic E-state index is 13.8. The molecule has 0 radical (unpaired) electrons. The number of halogens is 1. The quantitative estimate of drug-likeness (QED) is 0.167. The average Bonchev–Trinajstić information content (AvgIpc) is 2.98. The molecule has 0 aliphatic heterocycles. The van der Waals surface area contributed by atoms with E-state index >= 15 is 0 Å². The lowest BCUT2D eigenvalue weighted by Gasteiger charge is -2.16. The smallest absolute Gasteiger partial charge is 0.123 e. The zero-order valence-electron chi connectivity index (χ0n) is 23.4. The van der Waals surface area contributed by atoms with Crippen molar-refractivity contribution >= 4 is 22.6 Å². The molecule has 41 heavy (non-hydrogen) atoms. The normalized spacial score (nSPS) is 11.6. The first kappa shape index (κ1) is 28.8. The topological polar surface area (TPSA) is 75.9 Å². The highest BCUT2D eigenvalue weighted by Gasteiger charge is 2.12. The van der Waals surface area contributed by atoms with Gasteiger partial charge in [-0.3, -0.25) is 9.97 Å². The highest BCUT2D eigenvalue weighted by atomic mass is 19.1. The van der Waals surface area contributed by atoms with E-state index in [0.29, 0.717) is 12.1 Å². The van der Waals surface area contributed by atoms with Gasteiger partial charge in [0.15, 0.2) is 0 Å². The molecular weight excluding hydrogens is 509 g/mol. The molecule has 0 bridgehead atoms. The van der Waals surface area contributed by atoms with Crippen LogP contribution in [0.4, 0.5) is 15.8 Å². The molecule has 0 saturated heterocycles. The van der Waals surface area contributed by atoms with Crippen molar-refractivity contribution < 1.29 is 4.39 Å². The standard InChI is InChI=1S/C35H34FN5/c1-6-26(18-31(7-2)41-25(5)27-12-9-8-10-13-27)34-19-29(33(37)21-39-34)16-23(3)40-35-22-38-20-32(24(35)4)28-14-11-15-30(36)17-28/h6-15,17-22,40-41H,2-3,5,16,37H2,1,4H3/b26-6+,31-18+. The molecule has 2 aromatic heterocycles. The number of nitrogens with zero attached hydrogens (tertiary/aromatic N) is 2. The maximum atomic E-state index is 13.8. The SMILES string of the molecule is C=C/C(=C\C(=C/C)c1cc(CC(=C)Nc2cncc(-c3cccc(F)c3)c2C)c(N)cn1)NC(=C)c1ccccc1. The number of nitrogens with two attached hydrogens (primary N) is 1. The Bertz CT molecular complexity index is 1650. The second-order valence-electron chi connectivity index (χ2n) is 9.56. The predicted molar refractivity (Wildman–Crippen MR) is 170 cm³/mol. The zero-order chi connectivity index (χ0) is 29.4. The Balaban J connectivity index is 1.52. The van der Waals surface area contributed by atoms with E-state index in [1.54, 1.807) is 30.7 Å². The molecule has 4 N–H and O–H groups in total.